The molecule has 0 N–H and O–H groups in total. The molecule has 10 rings (SSSR count). The van der Waals surface area contributed by atoms with Crippen LogP contribution >= 0.6 is 0 Å². The fraction of sp³-hybridized carbons (Fsp3) is 0.267. The van der Waals surface area contributed by atoms with E-state index in [1.807, 2.05) is 0 Å². The number of benzene rings is 5. The summed E-state index contributed by atoms with van der Waals surface area (Å²) in [5, 5.41) is 5.90. The van der Waals surface area contributed by atoms with Gasteiger partial charge < -0.3 is 4.40 Å². The summed E-state index contributed by atoms with van der Waals surface area (Å²) in [6.07, 6.45) is 17.6. The third kappa shape index (κ3) is 4.27. The molecule has 2 heteroatoms. The zero-order valence-electron chi connectivity index (χ0n) is 27.0. The van der Waals surface area contributed by atoms with Crippen LogP contribution in [0.15, 0.2) is 109 Å². The number of fused-ring (bicyclic) bond motifs is 5. The number of imidazole rings is 1. The standard InChI is InChI=1S/C45H40N2/c1-3-13-29(14-4-1)41-35-19-7-8-20-36(35)42(30-15-5-2-6-16-30)45-38-25-24-33(34-21-12-22-37(43(34)38)44(41)45)31-17-11-18-32(27-31)39-28-47-26-10-9-23-40(47)46-39/h7-12,17-30H,1-6,13-16H2. The molecule has 0 bridgehead atoms. The van der Waals surface area contributed by atoms with Gasteiger partial charge in [0.25, 0.3) is 0 Å². The minimum absolute atomic E-state index is 0.633. The van der Waals surface area contributed by atoms with Crippen LogP contribution in [0, 0.1) is 0 Å². The highest BCUT2D eigenvalue weighted by atomic mass is 15.0. The predicted molar refractivity (Wildman–Crippen MR) is 197 cm³/mol. The Balaban J connectivity index is 1.22. The number of hydrogen-bond acceptors (Lipinski definition) is 1. The van der Waals surface area contributed by atoms with Crippen LogP contribution < -0.4 is 0 Å². The van der Waals surface area contributed by atoms with E-state index in [4.69, 9.17) is 4.98 Å². The summed E-state index contributed by atoms with van der Waals surface area (Å²) in [6, 6.07) is 36.7. The van der Waals surface area contributed by atoms with Gasteiger partial charge in [-0.25, -0.2) is 4.98 Å². The van der Waals surface area contributed by atoms with Crippen LogP contribution in [0.1, 0.15) is 87.2 Å². The first-order valence-electron chi connectivity index (χ1n) is 18.0. The van der Waals surface area contributed by atoms with Crippen LogP contribution in [0.5, 0.6) is 0 Å². The molecular formula is C45H40N2. The summed E-state index contributed by atoms with van der Waals surface area (Å²) in [6.45, 7) is 0. The Hall–Kier alpha value is -4.69. The third-order valence-corrected chi connectivity index (χ3v) is 11.7. The van der Waals surface area contributed by atoms with Gasteiger partial charge in [-0.1, -0.05) is 117 Å². The average molecular weight is 609 g/mol. The van der Waals surface area contributed by atoms with Gasteiger partial charge in [-0.05, 0) is 122 Å². The molecule has 0 amide bonds. The van der Waals surface area contributed by atoms with Crippen molar-refractivity contribution in [2.45, 2.75) is 76.0 Å². The lowest BCUT2D eigenvalue weighted by Crippen LogP contribution is -2.11. The maximum Gasteiger partial charge on any atom is 0.137 e. The highest BCUT2D eigenvalue weighted by Gasteiger charge is 2.35. The van der Waals surface area contributed by atoms with E-state index in [9.17, 15) is 0 Å². The lowest BCUT2D eigenvalue weighted by molar-refractivity contribution is 0.443. The molecular weight excluding hydrogens is 569 g/mol. The molecule has 0 spiro atoms. The molecule has 7 aromatic rings. The largest absolute Gasteiger partial charge is 0.306 e. The summed E-state index contributed by atoms with van der Waals surface area (Å²) in [7, 11) is 0. The van der Waals surface area contributed by atoms with E-state index in [0.717, 1.165) is 16.9 Å². The second-order valence-electron chi connectivity index (χ2n) is 14.4. The molecule has 2 nitrogen and oxygen atoms in total. The van der Waals surface area contributed by atoms with Gasteiger partial charge in [0.2, 0.25) is 0 Å². The van der Waals surface area contributed by atoms with Crippen LogP contribution in [0.25, 0.3) is 71.8 Å². The first-order valence-corrected chi connectivity index (χ1v) is 18.0. The van der Waals surface area contributed by atoms with Crippen molar-refractivity contribution in [3.8, 4) is 44.6 Å². The van der Waals surface area contributed by atoms with Crippen LogP contribution in [0.4, 0.5) is 0 Å². The van der Waals surface area contributed by atoms with E-state index >= 15 is 0 Å². The molecule has 3 aliphatic carbocycles. The Morgan fingerprint density at radius 2 is 1.11 bits per heavy atom. The van der Waals surface area contributed by atoms with E-state index in [1.54, 1.807) is 22.3 Å². The molecule has 0 atom stereocenters. The van der Waals surface area contributed by atoms with Crippen LogP contribution in [0.3, 0.4) is 0 Å². The Morgan fingerprint density at radius 3 is 1.81 bits per heavy atom. The van der Waals surface area contributed by atoms with Crippen molar-refractivity contribution in [1.82, 2.24) is 9.38 Å². The molecule has 0 radical (unpaired) electrons. The molecule has 0 aliphatic heterocycles. The molecule has 0 saturated heterocycles. The lowest BCUT2D eigenvalue weighted by atomic mass is 9.73. The lowest BCUT2D eigenvalue weighted by Gasteiger charge is -2.31. The van der Waals surface area contributed by atoms with Gasteiger partial charge in [0.1, 0.15) is 5.65 Å². The van der Waals surface area contributed by atoms with Crippen molar-refractivity contribution in [3.05, 3.63) is 121 Å². The predicted octanol–water partition coefficient (Wildman–Crippen LogP) is 12.7. The van der Waals surface area contributed by atoms with Gasteiger partial charge in [0.05, 0.1) is 5.69 Å². The highest BCUT2D eigenvalue weighted by molar-refractivity contribution is 6.22. The molecule has 5 aromatic carbocycles. The zero-order valence-corrected chi connectivity index (χ0v) is 27.0. The first-order chi connectivity index (χ1) is 23.3. The Morgan fingerprint density at radius 1 is 0.511 bits per heavy atom. The van der Waals surface area contributed by atoms with Crippen LogP contribution in [-0.2, 0) is 0 Å². The van der Waals surface area contributed by atoms with Gasteiger partial charge >= 0.3 is 0 Å². The fourth-order valence-corrected chi connectivity index (χ4v) is 9.68. The van der Waals surface area contributed by atoms with Crippen molar-refractivity contribution < 1.29 is 0 Å². The minimum atomic E-state index is 0.633. The number of hydrogen-bond donors (Lipinski definition) is 0. The molecule has 2 heterocycles. The Bertz CT molecular complexity index is 2220. The van der Waals surface area contributed by atoms with E-state index < -0.39 is 0 Å². The normalized spacial score (nSPS) is 16.8. The average Bonchev–Trinajstić information content (AvgIpc) is 3.72. The molecule has 3 aliphatic rings. The number of nitrogens with zero attached hydrogens (tertiary/aromatic N) is 2. The van der Waals surface area contributed by atoms with Gasteiger partial charge in [0, 0.05) is 18.0 Å². The van der Waals surface area contributed by atoms with Crippen LogP contribution in [0.2, 0.25) is 0 Å². The molecule has 230 valence electrons. The summed E-state index contributed by atoms with van der Waals surface area (Å²) in [4.78, 5) is 4.94. The molecule has 2 aromatic heterocycles. The summed E-state index contributed by atoms with van der Waals surface area (Å²) < 4.78 is 2.11. The maximum atomic E-state index is 4.94. The summed E-state index contributed by atoms with van der Waals surface area (Å²) in [5.41, 5.74) is 15.1. The van der Waals surface area contributed by atoms with E-state index in [-0.39, 0.29) is 0 Å². The van der Waals surface area contributed by atoms with Crippen molar-refractivity contribution in [3.63, 3.8) is 0 Å². The first kappa shape index (κ1) is 27.4. The second kappa shape index (κ2) is 10.9. The topological polar surface area (TPSA) is 17.3 Å². The molecule has 0 unspecified atom stereocenters. The number of rotatable bonds is 4. The Kier molecular flexibility index (Phi) is 6.39. The quantitative estimate of drug-likeness (QED) is 0.194. The Labute approximate surface area is 277 Å². The van der Waals surface area contributed by atoms with Gasteiger partial charge in [-0.15, -0.1) is 0 Å². The minimum Gasteiger partial charge on any atom is -0.306 e. The molecule has 47 heavy (non-hydrogen) atoms. The molecule has 2 saturated carbocycles. The maximum absolute atomic E-state index is 4.94. The second-order valence-corrected chi connectivity index (χ2v) is 14.4. The van der Waals surface area contributed by atoms with Crippen LogP contribution in [-0.4, -0.2) is 9.38 Å². The summed E-state index contributed by atoms with van der Waals surface area (Å²) in [5.74, 6) is 1.27. The third-order valence-electron chi connectivity index (χ3n) is 11.7. The van der Waals surface area contributed by atoms with Gasteiger partial charge in [-0.2, -0.15) is 0 Å². The van der Waals surface area contributed by atoms with E-state index in [1.165, 1.54) is 108 Å². The van der Waals surface area contributed by atoms with E-state index in [2.05, 4.69) is 114 Å². The smallest absolute Gasteiger partial charge is 0.137 e. The number of pyridine rings is 1. The van der Waals surface area contributed by atoms with Crippen molar-refractivity contribution in [1.29, 1.82) is 0 Å². The van der Waals surface area contributed by atoms with Crippen molar-refractivity contribution >= 4 is 27.2 Å². The highest BCUT2D eigenvalue weighted by Crippen LogP contribution is 2.58. The molecule has 2 fully saturated rings. The summed E-state index contributed by atoms with van der Waals surface area (Å²) >= 11 is 0. The fourth-order valence-electron chi connectivity index (χ4n) is 9.68. The zero-order chi connectivity index (χ0) is 30.9. The van der Waals surface area contributed by atoms with Crippen molar-refractivity contribution in [2.24, 2.45) is 0 Å². The SMILES string of the molecule is c1cc(-c2cn3ccccc3n2)cc(-c2ccc3c4c(cccc24)-c2c-3c(C3CCCCC3)c3ccccc3c2C2CCCCC2)c1. The van der Waals surface area contributed by atoms with Crippen molar-refractivity contribution in [2.75, 3.05) is 0 Å². The van der Waals surface area contributed by atoms with Gasteiger partial charge in [-0.3, -0.25) is 0 Å². The monoisotopic (exact) mass is 608 g/mol. The number of aromatic nitrogens is 2. The van der Waals surface area contributed by atoms with Gasteiger partial charge in [0.15, 0.2) is 0 Å². The van der Waals surface area contributed by atoms with E-state index in [0.29, 0.717) is 11.8 Å².